The van der Waals surface area contributed by atoms with E-state index in [-0.39, 0.29) is 11.6 Å². The smallest absolute Gasteiger partial charge is 0.175 e. The topological polar surface area (TPSA) is 55.8 Å². The molecule has 0 amide bonds. The fourth-order valence-corrected chi connectivity index (χ4v) is 7.44. The van der Waals surface area contributed by atoms with Crippen LogP contribution in [0.5, 0.6) is 11.5 Å². The minimum atomic E-state index is -0.415. The number of carbonyl (C=O) groups is 2. The summed E-state index contributed by atoms with van der Waals surface area (Å²) in [6.45, 7) is 5.22. The van der Waals surface area contributed by atoms with Gasteiger partial charge in [-0.05, 0) is 84.3 Å². The highest BCUT2D eigenvalue weighted by molar-refractivity contribution is 9.10. The van der Waals surface area contributed by atoms with E-state index in [0.717, 1.165) is 63.8 Å². The maximum Gasteiger partial charge on any atom is 0.175 e. The van der Waals surface area contributed by atoms with Gasteiger partial charge in [-0.1, -0.05) is 59.7 Å². The Morgan fingerprint density at radius 2 is 1.43 bits per heavy atom. The summed E-state index contributed by atoms with van der Waals surface area (Å²) < 4.78 is 12.9. The molecule has 6 heteroatoms. The molecule has 3 aliphatic rings. The number of ketones is 2. The van der Waals surface area contributed by atoms with Crippen molar-refractivity contribution < 1.29 is 19.1 Å². The van der Waals surface area contributed by atoms with E-state index in [1.54, 1.807) is 7.11 Å². The summed E-state index contributed by atoms with van der Waals surface area (Å²) in [6, 6.07) is 20.7. The average molecular weight is 627 g/mol. The van der Waals surface area contributed by atoms with Crippen LogP contribution in [0.1, 0.15) is 72.3 Å². The van der Waals surface area contributed by atoms with E-state index < -0.39 is 5.92 Å². The molecule has 3 aromatic rings. The van der Waals surface area contributed by atoms with Crippen LogP contribution in [-0.2, 0) is 22.7 Å². The van der Waals surface area contributed by atoms with Crippen LogP contribution in [0.4, 0.5) is 0 Å². The van der Waals surface area contributed by atoms with Crippen molar-refractivity contribution in [2.75, 3.05) is 7.11 Å². The van der Waals surface area contributed by atoms with Crippen LogP contribution >= 0.6 is 15.9 Å². The normalized spacial score (nSPS) is 17.4. The summed E-state index contributed by atoms with van der Waals surface area (Å²) in [5, 5.41) is 0. The number of Topliss-reactive ketones (excluding diaryl/α,β-unsaturated/α-hetero) is 2. The van der Waals surface area contributed by atoms with Gasteiger partial charge >= 0.3 is 0 Å². The molecule has 0 atom stereocenters. The monoisotopic (exact) mass is 625 g/mol. The zero-order valence-electron chi connectivity index (χ0n) is 24.5. The first-order chi connectivity index (χ1) is 20.3. The second kappa shape index (κ2) is 11.9. The summed E-state index contributed by atoms with van der Waals surface area (Å²) in [5.74, 6) is 1.03. The van der Waals surface area contributed by atoms with E-state index in [1.165, 1.54) is 16.7 Å². The lowest BCUT2D eigenvalue weighted by molar-refractivity contribution is -0.117. The zero-order valence-corrected chi connectivity index (χ0v) is 26.1. The fraction of sp³-hybridized carbons (Fsp3) is 0.333. The number of hydrogen-bond donors (Lipinski definition) is 0. The van der Waals surface area contributed by atoms with Gasteiger partial charge in [-0.2, -0.15) is 0 Å². The van der Waals surface area contributed by atoms with Crippen LogP contribution in [0.2, 0.25) is 0 Å². The van der Waals surface area contributed by atoms with E-state index in [1.807, 2.05) is 30.3 Å². The maximum absolute atomic E-state index is 13.7. The van der Waals surface area contributed by atoms with E-state index in [0.29, 0.717) is 37.5 Å². The first-order valence-electron chi connectivity index (χ1n) is 14.8. The molecule has 0 spiro atoms. The number of aryl methyl sites for hydroxylation is 2. The Bertz CT molecular complexity index is 1560. The van der Waals surface area contributed by atoms with Crippen molar-refractivity contribution in [3.05, 3.63) is 115 Å². The molecule has 3 aromatic carbocycles. The van der Waals surface area contributed by atoms with Crippen LogP contribution in [0.25, 0.3) is 0 Å². The van der Waals surface area contributed by atoms with Crippen molar-refractivity contribution in [3.63, 3.8) is 0 Å². The molecule has 5 nitrogen and oxygen atoms in total. The fourth-order valence-electron chi connectivity index (χ4n) is 6.86. The molecule has 0 unspecified atom stereocenters. The van der Waals surface area contributed by atoms with Gasteiger partial charge in [-0.15, -0.1) is 0 Å². The Kier molecular flexibility index (Phi) is 8.09. The molecule has 0 saturated heterocycles. The Morgan fingerprint density at radius 3 is 2.02 bits per heavy atom. The molecule has 1 aliphatic heterocycles. The standard InChI is InChI=1S/C36H36BrNO4/c1-22-15-23(2)17-25(16-22)21-42-36-27(37)18-26(19-32(36)41-3)33-34-28(11-7-13-30(34)39)38(20-24-9-5-4-6-10-24)29-12-8-14-31(40)35(29)33/h4-6,9-10,15-19,33H,7-8,11-14,20-21H2,1-3H3. The predicted molar refractivity (Wildman–Crippen MR) is 167 cm³/mol. The number of rotatable bonds is 7. The molecule has 1 heterocycles. The number of benzene rings is 3. The minimum absolute atomic E-state index is 0.134. The lowest BCUT2D eigenvalue weighted by Gasteiger charge is -2.44. The molecule has 216 valence electrons. The van der Waals surface area contributed by atoms with Crippen LogP contribution in [0.15, 0.2) is 87.7 Å². The van der Waals surface area contributed by atoms with Gasteiger partial charge in [-0.3, -0.25) is 9.59 Å². The van der Waals surface area contributed by atoms with Crippen LogP contribution in [0.3, 0.4) is 0 Å². The van der Waals surface area contributed by atoms with Crippen molar-refractivity contribution in [1.29, 1.82) is 0 Å². The van der Waals surface area contributed by atoms with Gasteiger partial charge in [0.05, 0.1) is 11.6 Å². The first kappa shape index (κ1) is 28.5. The number of ether oxygens (including phenoxy) is 2. The number of halogens is 1. The number of carbonyl (C=O) groups excluding carboxylic acids is 2. The Labute approximate surface area is 256 Å². The number of nitrogens with zero attached hydrogens (tertiary/aromatic N) is 1. The van der Waals surface area contributed by atoms with Crippen molar-refractivity contribution in [2.45, 2.75) is 71.4 Å². The van der Waals surface area contributed by atoms with Crippen molar-refractivity contribution in [2.24, 2.45) is 0 Å². The lowest BCUT2D eigenvalue weighted by Crippen LogP contribution is -2.38. The molecule has 0 radical (unpaired) electrons. The molecule has 0 bridgehead atoms. The van der Waals surface area contributed by atoms with Gasteiger partial charge in [0.2, 0.25) is 0 Å². The van der Waals surface area contributed by atoms with E-state index >= 15 is 0 Å². The maximum atomic E-state index is 13.7. The average Bonchev–Trinajstić information content (AvgIpc) is 2.97. The van der Waals surface area contributed by atoms with Gasteiger partial charge in [0.15, 0.2) is 23.1 Å². The zero-order chi connectivity index (χ0) is 29.4. The minimum Gasteiger partial charge on any atom is -0.493 e. The van der Waals surface area contributed by atoms with Gasteiger partial charge in [0.1, 0.15) is 6.61 Å². The third-order valence-electron chi connectivity index (χ3n) is 8.52. The molecular formula is C36H36BrNO4. The van der Waals surface area contributed by atoms with E-state index in [4.69, 9.17) is 9.47 Å². The summed E-state index contributed by atoms with van der Waals surface area (Å²) >= 11 is 3.75. The van der Waals surface area contributed by atoms with Gasteiger partial charge in [-0.25, -0.2) is 0 Å². The lowest BCUT2D eigenvalue weighted by atomic mass is 9.71. The summed E-state index contributed by atoms with van der Waals surface area (Å²) in [7, 11) is 1.63. The molecule has 6 rings (SSSR count). The van der Waals surface area contributed by atoms with Gasteiger partial charge < -0.3 is 14.4 Å². The van der Waals surface area contributed by atoms with Crippen molar-refractivity contribution in [1.82, 2.24) is 4.90 Å². The van der Waals surface area contributed by atoms with Crippen LogP contribution < -0.4 is 9.47 Å². The highest BCUT2D eigenvalue weighted by atomic mass is 79.9. The number of allylic oxidation sites excluding steroid dienone is 4. The molecule has 42 heavy (non-hydrogen) atoms. The van der Waals surface area contributed by atoms with Crippen LogP contribution in [-0.4, -0.2) is 23.6 Å². The first-order valence-corrected chi connectivity index (χ1v) is 15.5. The summed E-state index contributed by atoms with van der Waals surface area (Å²) in [6.07, 6.45) is 4.30. The molecule has 0 aromatic heterocycles. The molecule has 0 N–H and O–H groups in total. The van der Waals surface area contributed by atoms with Crippen LogP contribution in [0, 0.1) is 13.8 Å². The molecular weight excluding hydrogens is 590 g/mol. The largest absolute Gasteiger partial charge is 0.493 e. The Balaban J connectivity index is 1.43. The number of hydrogen-bond acceptors (Lipinski definition) is 5. The summed E-state index contributed by atoms with van der Waals surface area (Å²) in [4.78, 5) is 29.7. The second-order valence-electron chi connectivity index (χ2n) is 11.6. The molecule has 0 saturated carbocycles. The van der Waals surface area contributed by atoms with E-state index in [9.17, 15) is 9.59 Å². The molecule has 0 fully saturated rings. The van der Waals surface area contributed by atoms with E-state index in [2.05, 4.69) is 65.0 Å². The van der Waals surface area contributed by atoms with Crippen molar-refractivity contribution >= 4 is 27.5 Å². The molecule has 2 aliphatic carbocycles. The van der Waals surface area contributed by atoms with Gasteiger partial charge in [0, 0.05) is 47.8 Å². The SMILES string of the molecule is COc1cc(C2C3=C(CCCC3=O)N(Cc3ccccc3)C3=C2C(=O)CCC3)cc(Br)c1OCc1cc(C)cc(C)c1. The third kappa shape index (κ3) is 5.45. The third-order valence-corrected chi connectivity index (χ3v) is 9.11. The quantitative estimate of drug-likeness (QED) is 0.264. The van der Waals surface area contributed by atoms with Crippen molar-refractivity contribution in [3.8, 4) is 11.5 Å². The Morgan fingerprint density at radius 1 is 0.810 bits per heavy atom. The number of methoxy groups -OCH3 is 1. The second-order valence-corrected chi connectivity index (χ2v) is 12.5. The summed E-state index contributed by atoms with van der Waals surface area (Å²) in [5.41, 5.74) is 9.18. The highest BCUT2D eigenvalue weighted by Crippen LogP contribution is 2.51. The Hall–Kier alpha value is -3.64. The predicted octanol–water partition coefficient (Wildman–Crippen LogP) is 8.27. The van der Waals surface area contributed by atoms with Gasteiger partial charge in [0.25, 0.3) is 0 Å². The highest BCUT2D eigenvalue weighted by Gasteiger charge is 2.43.